The molecule has 0 atom stereocenters. The first-order chi connectivity index (χ1) is 14.5. The van der Waals surface area contributed by atoms with E-state index in [0.29, 0.717) is 19.2 Å². The molecule has 0 radical (unpaired) electrons. The number of fused-ring (bicyclic) bond motifs is 2. The van der Waals surface area contributed by atoms with Gasteiger partial charge in [-0.05, 0) is 48.9 Å². The summed E-state index contributed by atoms with van der Waals surface area (Å²) in [6.45, 7) is 3.47. The van der Waals surface area contributed by atoms with E-state index in [0.717, 1.165) is 51.6 Å². The van der Waals surface area contributed by atoms with Gasteiger partial charge in [-0.3, -0.25) is 9.48 Å². The minimum atomic E-state index is -0.0363. The van der Waals surface area contributed by atoms with E-state index < -0.39 is 0 Å². The summed E-state index contributed by atoms with van der Waals surface area (Å²) in [6.07, 6.45) is 5.38. The molecule has 8 nitrogen and oxygen atoms in total. The minimum Gasteiger partial charge on any atom is -0.381 e. The highest BCUT2D eigenvalue weighted by atomic mass is 16.5. The molecule has 0 bridgehead atoms. The molecule has 0 saturated carbocycles. The van der Waals surface area contributed by atoms with E-state index in [2.05, 4.69) is 27.5 Å². The third-order valence-electron chi connectivity index (χ3n) is 6.01. The van der Waals surface area contributed by atoms with Gasteiger partial charge in [0.1, 0.15) is 0 Å². The van der Waals surface area contributed by atoms with Crippen LogP contribution >= 0.6 is 0 Å². The molecule has 154 valence electrons. The number of hydrogen-bond donors (Lipinski definition) is 1. The maximum atomic E-state index is 12.5. The molecule has 0 spiro atoms. The predicted octanol–water partition coefficient (Wildman–Crippen LogP) is 3.16. The van der Waals surface area contributed by atoms with Crippen LogP contribution in [0.3, 0.4) is 0 Å². The third-order valence-corrected chi connectivity index (χ3v) is 6.01. The van der Waals surface area contributed by atoms with Gasteiger partial charge in [0.25, 0.3) is 5.56 Å². The zero-order chi connectivity index (χ0) is 20.8. The normalized spacial score (nSPS) is 15.2. The van der Waals surface area contributed by atoms with E-state index >= 15 is 0 Å². The maximum Gasteiger partial charge on any atom is 0.251 e. The molecular formula is C22H24N6O2. The fourth-order valence-corrected chi connectivity index (χ4v) is 4.20. The number of rotatable bonds is 3. The molecule has 30 heavy (non-hydrogen) atoms. The van der Waals surface area contributed by atoms with Crippen LogP contribution in [-0.4, -0.2) is 37.5 Å². The second-order valence-electron chi connectivity index (χ2n) is 7.93. The van der Waals surface area contributed by atoms with Crippen LogP contribution in [0.5, 0.6) is 0 Å². The first-order valence-corrected chi connectivity index (χ1v) is 10.1. The maximum absolute atomic E-state index is 12.5. The Hall–Kier alpha value is -3.26. The first kappa shape index (κ1) is 18.7. The Kier molecular flexibility index (Phi) is 4.51. The predicted molar refractivity (Wildman–Crippen MR) is 116 cm³/mol. The zero-order valence-corrected chi connectivity index (χ0v) is 17.3. The summed E-state index contributed by atoms with van der Waals surface area (Å²) in [7, 11) is 3.68. The van der Waals surface area contributed by atoms with Crippen LogP contribution < -0.4 is 10.9 Å². The number of ether oxygens (including phenoxy) is 1. The van der Waals surface area contributed by atoms with Gasteiger partial charge in [0.15, 0.2) is 0 Å². The Bertz CT molecular complexity index is 1320. The van der Waals surface area contributed by atoms with Crippen LogP contribution in [0.2, 0.25) is 0 Å². The third kappa shape index (κ3) is 3.13. The summed E-state index contributed by atoms with van der Waals surface area (Å²) in [5, 5.41) is 8.78. The van der Waals surface area contributed by atoms with E-state index in [1.54, 1.807) is 23.9 Å². The molecule has 1 aromatic carbocycles. The Morgan fingerprint density at radius 2 is 1.90 bits per heavy atom. The van der Waals surface area contributed by atoms with Gasteiger partial charge in [0.05, 0.1) is 28.9 Å². The number of pyridine rings is 1. The molecule has 1 fully saturated rings. The average Bonchev–Trinajstić information content (AvgIpc) is 3.11. The Morgan fingerprint density at radius 3 is 2.70 bits per heavy atom. The van der Waals surface area contributed by atoms with Crippen molar-refractivity contribution in [2.75, 3.05) is 18.5 Å². The minimum absolute atomic E-state index is 0.0363. The molecule has 0 aliphatic carbocycles. The van der Waals surface area contributed by atoms with E-state index in [1.807, 2.05) is 24.9 Å². The number of anilines is 2. The number of aryl methyl sites for hydroxylation is 3. The van der Waals surface area contributed by atoms with Gasteiger partial charge in [-0.2, -0.15) is 5.10 Å². The van der Waals surface area contributed by atoms with Crippen molar-refractivity contribution in [1.29, 1.82) is 0 Å². The fourth-order valence-electron chi connectivity index (χ4n) is 4.20. The van der Waals surface area contributed by atoms with E-state index in [9.17, 15) is 4.79 Å². The molecule has 1 saturated heterocycles. The average molecular weight is 404 g/mol. The molecule has 0 unspecified atom stereocenters. The zero-order valence-electron chi connectivity index (χ0n) is 17.3. The molecule has 1 aliphatic rings. The van der Waals surface area contributed by atoms with E-state index in [1.165, 1.54) is 0 Å². The van der Waals surface area contributed by atoms with Gasteiger partial charge >= 0.3 is 0 Å². The van der Waals surface area contributed by atoms with Crippen LogP contribution in [0, 0.1) is 6.92 Å². The second-order valence-corrected chi connectivity index (χ2v) is 7.93. The number of aromatic nitrogens is 5. The first-order valence-electron chi connectivity index (χ1n) is 10.1. The molecule has 8 heteroatoms. The lowest BCUT2D eigenvalue weighted by Crippen LogP contribution is -2.22. The summed E-state index contributed by atoms with van der Waals surface area (Å²) < 4.78 is 8.96. The van der Waals surface area contributed by atoms with Gasteiger partial charge in [-0.1, -0.05) is 0 Å². The Labute approximate surface area is 173 Å². The van der Waals surface area contributed by atoms with Crippen molar-refractivity contribution in [1.82, 2.24) is 24.3 Å². The molecule has 4 heterocycles. The standard InChI is InChI=1S/C22H24N6O2/c1-13-8-15-11-24-28(3)18(15)10-17(13)25-22-23-12-19-21(26-22)16(9-20(29)27(19)2)14-4-6-30-7-5-14/h8-12,14H,4-7H2,1-3H3,(H,23,25,26). The SMILES string of the molecule is Cc1cc2cnn(C)c2cc1Nc1ncc2c(n1)c(C1CCOCC1)cc(=O)n2C. The molecule has 4 aromatic rings. The number of nitrogens with zero attached hydrogens (tertiary/aromatic N) is 5. The van der Waals surface area contributed by atoms with Gasteiger partial charge < -0.3 is 14.6 Å². The number of benzene rings is 1. The van der Waals surface area contributed by atoms with Crippen LogP contribution in [-0.2, 0) is 18.8 Å². The lowest BCUT2D eigenvalue weighted by Gasteiger charge is -2.23. The summed E-state index contributed by atoms with van der Waals surface area (Å²) >= 11 is 0. The number of hydrogen-bond acceptors (Lipinski definition) is 6. The van der Waals surface area contributed by atoms with Crippen molar-refractivity contribution in [3.05, 3.63) is 52.1 Å². The van der Waals surface area contributed by atoms with Crippen molar-refractivity contribution in [3.8, 4) is 0 Å². The molecule has 1 aliphatic heterocycles. The summed E-state index contributed by atoms with van der Waals surface area (Å²) in [5.74, 6) is 0.782. The highest BCUT2D eigenvalue weighted by Crippen LogP contribution is 2.31. The van der Waals surface area contributed by atoms with Crippen LogP contribution in [0.1, 0.15) is 29.9 Å². The Balaban J connectivity index is 1.60. The van der Waals surface area contributed by atoms with E-state index in [-0.39, 0.29) is 11.5 Å². The second kappa shape index (κ2) is 7.21. The molecule has 0 amide bonds. The van der Waals surface area contributed by atoms with E-state index in [4.69, 9.17) is 9.72 Å². The van der Waals surface area contributed by atoms with Crippen molar-refractivity contribution >= 4 is 33.6 Å². The molecule has 1 N–H and O–H groups in total. The van der Waals surface area contributed by atoms with Gasteiger partial charge in [-0.15, -0.1) is 0 Å². The monoisotopic (exact) mass is 404 g/mol. The summed E-state index contributed by atoms with van der Waals surface area (Å²) in [5.41, 5.74) is 5.57. The van der Waals surface area contributed by atoms with Crippen LogP contribution in [0.15, 0.2) is 35.4 Å². The van der Waals surface area contributed by atoms with Crippen molar-refractivity contribution < 1.29 is 4.74 Å². The van der Waals surface area contributed by atoms with Gasteiger partial charge in [-0.25, -0.2) is 9.97 Å². The highest BCUT2D eigenvalue weighted by Gasteiger charge is 2.21. The summed E-state index contributed by atoms with van der Waals surface area (Å²) in [4.78, 5) is 21.8. The smallest absolute Gasteiger partial charge is 0.251 e. The van der Waals surface area contributed by atoms with Crippen molar-refractivity contribution in [2.24, 2.45) is 14.1 Å². The van der Waals surface area contributed by atoms with Crippen molar-refractivity contribution in [3.63, 3.8) is 0 Å². The topological polar surface area (TPSA) is 86.9 Å². The fraction of sp³-hybridized carbons (Fsp3) is 0.364. The lowest BCUT2D eigenvalue weighted by molar-refractivity contribution is 0.0855. The van der Waals surface area contributed by atoms with Gasteiger partial charge in [0.2, 0.25) is 5.95 Å². The largest absolute Gasteiger partial charge is 0.381 e. The molecular weight excluding hydrogens is 380 g/mol. The number of nitrogens with one attached hydrogen (secondary N) is 1. The Morgan fingerprint density at radius 1 is 1.10 bits per heavy atom. The molecule has 5 rings (SSSR count). The van der Waals surface area contributed by atoms with Crippen molar-refractivity contribution in [2.45, 2.75) is 25.7 Å². The summed E-state index contributed by atoms with van der Waals surface area (Å²) in [6, 6.07) is 5.89. The highest BCUT2D eigenvalue weighted by molar-refractivity contribution is 5.85. The quantitative estimate of drug-likeness (QED) is 0.564. The van der Waals surface area contributed by atoms with Crippen LogP contribution in [0.25, 0.3) is 21.9 Å². The van der Waals surface area contributed by atoms with Gasteiger partial charge in [0, 0.05) is 44.4 Å². The lowest BCUT2D eigenvalue weighted by atomic mass is 9.91. The van der Waals surface area contributed by atoms with Crippen LogP contribution in [0.4, 0.5) is 11.6 Å². The molecule has 3 aromatic heterocycles.